The van der Waals surface area contributed by atoms with E-state index in [0.29, 0.717) is 0 Å². The van der Waals surface area contributed by atoms with Crippen LogP contribution in [0.5, 0.6) is 0 Å². The third-order valence-corrected chi connectivity index (χ3v) is 4.49. The van der Waals surface area contributed by atoms with Crippen LogP contribution in [0.4, 0.5) is 4.79 Å². The fourth-order valence-corrected chi connectivity index (χ4v) is 3.20. The van der Waals surface area contributed by atoms with E-state index >= 15 is 0 Å². The van der Waals surface area contributed by atoms with Gasteiger partial charge in [0.25, 0.3) is 0 Å². The average Bonchev–Trinajstić information content (AvgIpc) is 2.74. The van der Waals surface area contributed by atoms with Gasteiger partial charge in [0, 0.05) is 6.04 Å². The van der Waals surface area contributed by atoms with E-state index in [4.69, 9.17) is 0 Å². The van der Waals surface area contributed by atoms with Gasteiger partial charge in [0.15, 0.2) is 0 Å². The Labute approximate surface area is 129 Å². The number of rotatable bonds is 3. The SMILES string of the molecule is Cc1ccc(CN2C(=O)C(=O)N(C3CCCCC3)C2=O)cc1. The number of carbonyl (C=O) groups excluding carboxylic acids is 3. The fraction of sp³-hybridized carbons (Fsp3) is 0.471. The molecule has 22 heavy (non-hydrogen) atoms. The molecule has 0 bridgehead atoms. The monoisotopic (exact) mass is 300 g/mol. The third kappa shape index (κ3) is 2.63. The number of imide groups is 2. The first-order valence-electron chi connectivity index (χ1n) is 7.82. The number of hydrogen-bond donors (Lipinski definition) is 0. The molecule has 0 radical (unpaired) electrons. The lowest BCUT2D eigenvalue weighted by molar-refractivity contribution is -0.144. The van der Waals surface area contributed by atoms with Crippen molar-refractivity contribution in [3.63, 3.8) is 0 Å². The van der Waals surface area contributed by atoms with Gasteiger partial charge >= 0.3 is 17.8 Å². The molecular formula is C17H20N2O3. The summed E-state index contributed by atoms with van der Waals surface area (Å²) >= 11 is 0. The van der Waals surface area contributed by atoms with Crippen molar-refractivity contribution in [3.05, 3.63) is 35.4 Å². The van der Waals surface area contributed by atoms with E-state index < -0.39 is 17.8 Å². The zero-order chi connectivity index (χ0) is 15.7. The largest absolute Gasteiger partial charge is 0.334 e. The smallest absolute Gasteiger partial charge is 0.263 e. The third-order valence-electron chi connectivity index (χ3n) is 4.49. The highest BCUT2D eigenvalue weighted by Crippen LogP contribution is 2.27. The minimum atomic E-state index is -0.698. The van der Waals surface area contributed by atoms with Gasteiger partial charge in [0.2, 0.25) is 0 Å². The van der Waals surface area contributed by atoms with Gasteiger partial charge in [-0.15, -0.1) is 0 Å². The second-order valence-corrected chi connectivity index (χ2v) is 6.13. The van der Waals surface area contributed by atoms with E-state index in [2.05, 4.69) is 0 Å². The first-order valence-corrected chi connectivity index (χ1v) is 7.82. The first-order chi connectivity index (χ1) is 10.6. The highest BCUT2D eigenvalue weighted by molar-refractivity contribution is 6.44. The molecule has 0 aromatic heterocycles. The number of amides is 4. The second-order valence-electron chi connectivity index (χ2n) is 6.13. The average molecular weight is 300 g/mol. The Morgan fingerprint density at radius 2 is 1.59 bits per heavy atom. The summed E-state index contributed by atoms with van der Waals surface area (Å²) in [6.07, 6.45) is 4.77. The molecule has 2 fully saturated rings. The maximum absolute atomic E-state index is 12.5. The second kappa shape index (κ2) is 5.91. The molecular weight excluding hydrogens is 280 g/mol. The molecule has 1 saturated heterocycles. The van der Waals surface area contributed by atoms with Gasteiger partial charge in [-0.2, -0.15) is 0 Å². The van der Waals surface area contributed by atoms with Crippen LogP contribution >= 0.6 is 0 Å². The van der Waals surface area contributed by atoms with Crippen LogP contribution in [-0.2, 0) is 16.1 Å². The summed E-state index contributed by atoms with van der Waals surface area (Å²) in [6.45, 7) is 2.14. The summed E-state index contributed by atoms with van der Waals surface area (Å²) in [5, 5.41) is 0. The fourth-order valence-electron chi connectivity index (χ4n) is 3.20. The van der Waals surface area contributed by atoms with Crippen molar-refractivity contribution in [2.45, 2.75) is 51.6 Å². The lowest BCUT2D eigenvalue weighted by Crippen LogP contribution is -2.42. The number of benzene rings is 1. The van der Waals surface area contributed by atoms with E-state index in [9.17, 15) is 14.4 Å². The topological polar surface area (TPSA) is 57.7 Å². The van der Waals surface area contributed by atoms with Gasteiger partial charge < -0.3 is 0 Å². The predicted octanol–water partition coefficient (Wildman–Crippen LogP) is 2.62. The number of urea groups is 1. The maximum atomic E-state index is 12.5. The van der Waals surface area contributed by atoms with Crippen LogP contribution in [0.25, 0.3) is 0 Å². The van der Waals surface area contributed by atoms with Crippen molar-refractivity contribution in [3.8, 4) is 0 Å². The molecule has 5 nitrogen and oxygen atoms in total. The molecule has 1 aliphatic carbocycles. The molecule has 1 heterocycles. The van der Waals surface area contributed by atoms with E-state index in [1.807, 2.05) is 31.2 Å². The van der Waals surface area contributed by atoms with Crippen LogP contribution in [0.1, 0.15) is 43.2 Å². The Kier molecular flexibility index (Phi) is 3.96. The van der Waals surface area contributed by atoms with Gasteiger partial charge in [-0.3, -0.25) is 19.4 Å². The van der Waals surface area contributed by atoms with Gasteiger partial charge in [0.1, 0.15) is 0 Å². The van der Waals surface area contributed by atoms with Gasteiger partial charge in [-0.1, -0.05) is 49.1 Å². The summed E-state index contributed by atoms with van der Waals surface area (Å²) in [6, 6.07) is 7.05. The van der Waals surface area contributed by atoms with E-state index in [1.54, 1.807) is 0 Å². The minimum absolute atomic E-state index is 0.110. The molecule has 0 atom stereocenters. The molecule has 1 aromatic rings. The van der Waals surface area contributed by atoms with Crippen LogP contribution in [0.15, 0.2) is 24.3 Å². The highest BCUT2D eigenvalue weighted by Gasteiger charge is 2.47. The van der Waals surface area contributed by atoms with Crippen molar-refractivity contribution in [2.75, 3.05) is 0 Å². The van der Waals surface area contributed by atoms with Crippen LogP contribution in [0, 0.1) is 6.92 Å². The molecule has 0 spiro atoms. The Morgan fingerprint density at radius 1 is 0.955 bits per heavy atom. The predicted molar refractivity (Wildman–Crippen MR) is 80.8 cm³/mol. The van der Waals surface area contributed by atoms with Gasteiger partial charge in [0.05, 0.1) is 6.54 Å². The Bertz CT molecular complexity index is 603. The van der Waals surface area contributed by atoms with Crippen molar-refractivity contribution in [2.24, 2.45) is 0 Å². The molecule has 116 valence electrons. The number of aryl methyl sites for hydroxylation is 1. The lowest BCUT2D eigenvalue weighted by Gasteiger charge is -2.28. The lowest BCUT2D eigenvalue weighted by atomic mass is 9.94. The molecule has 2 aliphatic rings. The molecule has 1 aromatic carbocycles. The van der Waals surface area contributed by atoms with Crippen LogP contribution in [0.3, 0.4) is 0 Å². The van der Waals surface area contributed by atoms with Crippen molar-refractivity contribution >= 4 is 17.8 Å². The molecule has 0 N–H and O–H groups in total. The van der Waals surface area contributed by atoms with Crippen molar-refractivity contribution < 1.29 is 14.4 Å². The minimum Gasteiger partial charge on any atom is -0.263 e. The Balaban J connectivity index is 1.77. The molecule has 1 aliphatic heterocycles. The zero-order valence-corrected chi connectivity index (χ0v) is 12.7. The zero-order valence-electron chi connectivity index (χ0n) is 12.7. The van der Waals surface area contributed by atoms with Crippen LogP contribution < -0.4 is 0 Å². The quantitative estimate of drug-likeness (QED) is 0.637. The summed E-state index contributed by atoms with van der Waals surface area (Å²) in [5.41, 5.74) is 1.97. The summed E-state index contributed by atoms with van der Waals surface area (Å²) in [4.78, 5) is 39.1. The number of nitrogens with zero attached hydrogens (tertiary/aromatic N) is 2. The van der Waals surface area contributed by atoms with Gasteiger partial charge in [-0.05, 0) is 25.3 Å². The molecule has 3 rings (SSSR count). The molecule has 1 saturated carbocycles. The molecule has 0 unspecified atom stereocenters. The number of carbonyl (C=O) groups is 3. The Hall–Kier alpha value is -2.17. The standard InChI is InChI=1S/C17H20N2O3/c1-12-7-9-13(10-8-12)11-18-15(20)16(21)19(17(18)22)14-5-3-2-4-6-14/h7-10,14H,2-6,11H2,1H3. The van der Waals surface area contributed by atoms with E-state index in [0.717, 1.165) is 48.1 Å². The number of hydrogen-bond acceptors (Lipinski definition) is 3. The highest BCUT2D eigenvalue weighted by atomic mass is 16.2. The van der Waals surface area contributed by atoms with Crippen molar-refractivity contribution in [1.29, 1.82) is 0 Å². The Morgan fingerprint density at radius 3 is 2.23 bits per heavy atom. The molecule has 4 amide bonds. The summed E-state index contributed by atoms with van der Waals surface area (Å²) in [5.74, 6) is -1.36. The summed E-state index contributed by atoms with van der Waals surface area (Å²) < 4.78 is 0. The van der Waals surface area contributed by atoms with E-state index in [-0.39, 0.29) is 12.6 Å². The van der Waals surface area contributed by atoms with Gasteiger partial charge in [-0.25, -0.2) is 4.79 Å². The normalized spacial score (nSPS) is 20.1. The van der Waals surface area contributed by atoms with Crippen LogP contribution in [0.2, 0.25) is 0 Å². The van der Waals surface area contributed by atoms with Crippen LogP contribution in [-0.4, -0.2) is 33.7 Å². The molecule has 5 heteroatoms. The first kappa shape index (κ1) is 14.8. The summed E-state index contributed by atoms with van der Waals surface area (Å²) in [7, 11) is 0. The van der Waals surface area contributed by atoms with Crippen molar-refractivity contribution in [1.82, 2.24) is 9.80 Å². The maximum Gasteiger partial charge on any atom is 0.334 e. The van der Waals surface area contributed by atoms with E-state index in [1.165, 1.54) is 4.90 Å².